The van der Waals surface area contributed by atoms with Crippen LogP contribution in [0.5, 0.6) is 0 Å². The largest absolute Gasteiger partial charge is 0.382 e. The van der Waals surface area contributed by atoms with Crippen LogP contribution in [0.1, 0.15) is 31.4 Å². The summed E-state index contributed by atoms with van der Waals surface area (Å²) in [7, 11) is -1.82. The molecule has 0 saturated carbocycles. The molecule has 0 amide bonds. The number of hydrogen-bond donors (Lipinski definition) is 3. The second kappa shape index (κ2) is 11.8. The summed E-state index contributed by atoms with van der Waals surface area (Å²) in [6.45, 7) is 7.59. The van der Waals surface area contributed by atoms with Crippen LogP contribution in [0.4, 0.5) is 0 Å². The van der Waals surface area contributed by atoms with Crippen molar-refractivity contribution >= 4 is 16.0 Å². The molecule has 8 heteroatoms. The molecule has 0 aliphatic carbocycles. The van der Waals surface area contributed by atoms with E-state index in [1.54, 1.807) is 0 Å². The Morgan fingerprint density at radius 3 is 2.40 bits per heavy atom. The number of sulfonamides is 1. The summed E-state index contributed by atoms with van der Waals surface area (Å²) in [6.07, 6.45) is 0.924. The molecule has 7 nitrogen and oxygen atoms in total. The Kier molecular flexibility index (Phi) is 10.1. The number of nitrogens with one attached hydrogen (secondary N) is 3. The second-order valence-electron chi connectivity index (χ2n) is 5.45. The Balaban J connectivity index is 2.54. The third-order valence-corrected chi connectivity index (χ3v) is 4.75. The molecule has 0 fully saturated rings. The highest BCUT2D eigenvalue weighted by atomic mass is 32.2. The minimum Gasteiger partial charge on any atom is -0.382 e. The van der Waals surface area contributed by atoms with Crippen LogP contribution in [-0.4, -0.2) is 47.7 Å². The van der Waals surface area contributed by atoms with Crippen LogP contribution in [0.2, 0.25) is 0 Å². The van der Waals surface area contributed by atoms with Crippen LogP contribution in [0, 0.1) is 0 Å². The van der Waals surface area contributed by atoms with Crippen LogP contribution in [0.15, 0.2) is 29.3 Å². The maximum atomic E-state index is 11.5. The van der Waals surface area contributed by atoms with Crippen molar-refractivity contribution in [1.29, 1.82) is 0 Å². The van der Waals surface area contributed by atoms with Crippen molar-refractivity contribution < 1.29 is 13.2 Å². The third-order valence-electron chi connectivity index (χ3n) is 3.42. The highest BCUT2D eigenvalue weighted by Crippen LogP contribution is 2.08. The molecule has 0 spiro atoms. The van der Waals surface area contributed by atoms with Gasteiger partial charge in [0.1, 0.15) is 0 Å². The normalized spacial score (nSPS) is 12.2. The lowest BCUT2D eigenvalue weighted by atomic mass is 10.1. The molecule has 25 heavy (non-hydrogen) atoms. The first-order chi connectivity index (χ1) is 12.0. The zero-order valence-electron chi connectivity index (χ0n) is 15.3. The maximum absolute atomic E-state index is 11.5. The van der Waals surface area contributed by atoms with E-state index in [1.807, 2.05) is 38.1 Å². The predicted octanol–water partition coefficient (Wildman–Crippen LogP) is 1.22. The van der Waals surface area contributed by atoms with Crippen molar-refractivity contribution in [3.63, 3.8) is 0 Å². The van der Waals surface area contributed by atoms with Crippen LogP contribution >= 0.6 is 0 Å². The summed E-state index contributed by atoms with van der Waals surface area (Å²) in [5.74, 6) is 0.748. The average molecular weight is 371 g/mol. The van der Waals surface area contributed by atoms with E-state index < -0.39 is 10.0 Å². The molecule has 0 aromatic heterocycles. The van der Waals surface area contributed by atoms with E-state index in [9.17, 15) is 8.42 Å². The van der Waals surface area contributed by atoms with Gasteiger partial charge in [-0.2, -0.15) is 0 Å². The van der Waals surface area contributed by atoms with Gasteiger partial charge in [0.25, 0.3) is 0 Å². The lowest BCUT2D eigenvalue weighted by molar-refractivity contribution is 0.145. The molecule has 0 atom stereocenters. The number of aliphatic imine (C=N–C) groups is 1. The fraction of sp³-hybridized carbons (Fsp3) is 0.588. The monoisotopic (exact) mass is 370 g/mol. The first-order valence-electron chi connectivity index (χ1n) is 8.59. The van der Waals surface area contributed by atoms with E-state index in [0.717, 1.165) is 49.8 Å². The summed E-state index contributed by atoms with van der Waals surface area (Å²) in [6, 6.07) is 7.45. The summed E-state index contributed by atoms with van der Waals surface area (Å²) in [5.41, 5.74) is 1.78. The van der Waals surface area contributed by atoms with Crippen LogP contribution < -0.4 is 15.4 Å². The Bertz CT molecular complexity index is 615. The molecule has 0 bridgehead atoms. The zero-order valence-corrected chi connectivity index (χ0v) is 16.2. The van der Waals surface area contributed by atoms with Crippen molar-refractivity contribution in [3.05, 3.63) is 35.4 Å². The zero-order chi connectivity index (χ0) is 18.5. The third kappa shape index (κ3) is 9.42. The molecular formula is C17H30N4O3S. The van der Waals surface area contributed by atoms with Crippen molar-refractivity contribution in [2.75, 3.05) is 33.4 Å². The van der Waals surface area contributed by atoms with Crippen LogP contribution in [-0.2, 0) is 27.1 Å². The fourth-order valence-corrected chi connectivity index (χ4v) is 2.85. The molecule has 0 aliphatic rings. The highest BCUT2D eigenvalue weighted by Gasteiger charge is 2.08. The Morgan fingerprint density at radius 1 is 1.12 bits per heavy atom. The average Bonchev–Trinajstić information content (AvgIpc) is 2.60. The lowest BCUT2D eigenvalue weighted by Crippen LogP contribution is -2.38. The van der Waals surface area contributed by atoms with Gasteiger partial charge in [0.2, 0.25) is 10.0 Å². The number of hydrogen-bond acceptors (Lipinski definition) is 4. The minimum absolute atomic E-state index is 0.0168. The lowest BCUT2D eigenvalue weighted by Gasteiger charge is -2.11. The molecule has 142 valence electrons. The van der Waals surface area contributed by atoms with Crippen molar-refractivity contribution in [1.82, 2.24) is 15.4 Å². The van der Waals surface area contributed by atoms with Gasteiger partial charge in [-0.1, -0.05) is 24.3 Å². The van der Waals surface area contributed by atoms with Crippen LogP contribution in [0.3, 0.4) is 0 Å². The van der Waals surface area contributed by atoms with E-state index in [-0.39, 0.29) is 5.75 Å². The minimum atomic E-state index is -3.24. The standard InChI is InChI=1S/C17H30N4O3S/c1-4-19-17(20-11-6-12-24-5-2)21-13-15-7-9-16(10-8-15)14-25(22,23)18-3/h7-10,18H,4-6,11-14H2,1-3H3,(H2,19,20,21). The first kappa shape index (κ1) is 21.4. The fourth-order valence-electron chi connectivity index (χ4n) is 2.07. The molecule has 0 radical (unpaired) electrons. The van der Waals surface area contributed by atoms with E-state index in [0.29, 0.717) is 6.54 Å². The number of ether oxygens (including phenoxy) is 1. The smallest absolute Gasteiger partial charge is 0.215 e. The van der Waals surface area contributed by atoms with Gasteiger partial charge >= 0.3 is 0 Å². The number of rotatable bonds is 11. The Morgan fingerprint density at radius 2 is 1.80 bits per heavy atom. The van der Waals surface area contributed by atoms with Crippen molar-refractivity contribution in [2.45, 2.75) is 32.6 Å². The molecule has 0 heterocycles. The summed E-state index contributed by atoms with van der Waals surface area (Å²) < 4.78 is 30.7. The summed E-state index contributed by atoms with van der Waals surface area (Å²) in [4.78, 5) is 4.54. The number of nitrogens with zero attached hydrogens (tertiary/aromatic N) is 1. The van der Waals surface area contributed by atoms with Crippen LogP contribution in [0.25, 0.3) is 0 Å². The van der Waals surface area contributed by atoms with Gasteiger partial charge in [-0.15, -0.1) is 0 Å². The summed E-state index contributed by atoms with van der Waals surface area (Å²) in [5, 5.41) is 6.48. The molecule has 1 rings (SSSR count). The quantitative estimate of drug-likeness (QED) is 0.309. The van der Waals surface area contributed by atoms with E-state index in [1.165, 1.54) is 7.05 Å². The van der Waals surface area contributed by atoms with Crippen molar-refractivity contribution in [2.24, 2.45) is 4.99 Å². The highest BCUT2D eigenvalue weighted by molar-refractivity contribution is 7.88. The van der Waals surface area contributed by atoms with E-state index >= 15 is 0 Å². The predicted molar refractivity (Wildman–Crippen MR) is 102 cm³/mol. The molecule has 0 aliphatic heterocycles. The topological polar surface area (TPSA) is 91.8 Å². The number of guanidine groups is 1. The van der Waals surface area contributed by atoms with E-state index in [4.69, 9.17) is 4.74 Å². The Hall–Kier alpha value is -1.64. The van der Waals surface area contributed by atoms with Gasteiger partial charge in [0, 0.05) is 26.3 Å². The van der Waals surface area contributed by atoms with Gasteiger partial charge in [0.05, 0.1) is 12.3 Å². The Labute approximate surface area is 151 Å². The molecular weight excluding hydrogens is 340 g/mol. The van der Waals surface area contributed by atoms with E-state index in [2.05, 4.69) is 20.3 Å². The van der Waals surface area contributed by atoms with Gasteiger partial charge < -0.3 is 15.4 Å². The number of benzene rings is 1. The first-order valence-corrected chi connectivity index (χ1v) is 10.2. The van der Waals surface area contributed by atoms with Gasteiger partial charge in [-0.3, -0.25) is 0 Å². The maximum Gasteiger partial charge on any atom is 0.215 e. The molecule has 0 unspecified atom stereocenters. The molecule has 0 saturated heterocycles. The molecule has 3 N–H and O–H groups in total. The van der Waals surface area contributed by atoms with Gasteiger partial charge in [-0.05, 0) is 38.4 Å². The van der Waals surface area contributed by atoms with Gasteiger partial charge in [-0.25, -0.2) is 18.1 Å². The molecule has 1 aromatic rings. The van der Waals surface area contributed by atoms with Gasteiger partial charge in [0.15, 0.2) is 5.96 Å². The van der Waals surface area contributed by atoms with Crippen molar-refractivity contribution in [3.8, 4) is 0 Å². The SMILES string of the molecule is CCNC(=NCc1ccc(CS(=O)(=O)NC)cc1)NCCCOCC. The summed E-state index contributed by atoms with van der Waals surface area (Å²) >= 11 is 0. The molecule has 1 aromatic carbocycles. The second-order valence-corrected chi connectivity index (χ2v) is 7.38.